The van der Waals surface area contributed by atoms with E-state index < -0.39 is 0 Å². The van der Waals surface area contributed by atoms with E-state index in [0.717, 1.165) is 18.7 Å². The molecular formula is C22H44N2O. The lowest BCUT2D eigenvalue weighted by molar-refractivity contribution is -0.0104. The summed E-state index contributed by atoms with van der Waals surface area (Å²) in [5.41, 5.74) is 0. The zero-order chi connectivity index (χ0) is 18.2. The van der Waals surface area contributed by atoms with Crippen LogP contribution >= 0.6 is 0 Å². The standard InChI is InChI=1S/C22H44N2O/c1-3-5-6-7-8-9-10-11-12-13-14-15-16-17-18-19-22-23-21(4-2)20-24(22)25/h21,25H,3-20H2,1-2H3. The van der Waals surface area contributed by atoms with Crippen LogP contribution in [0.15, 0.2) is 4.99 Å². The second kappa shape index (κ2) is 15.7. The third-order valence-electron chi connectivity index (χ3n) is 5.49. The van der Waals surface area contributed by atoms with Crippen molar-refractivity contribution in [2.75, 3.05) is 6.54 Å². The van der Waals surface area contributed by atoms with Gasteiger partial charge in [0.05, 0.1) is 12.6 Å². The van der Waals surface area contributed by atoms with Gasteiger partial charge in [-0.1, -0.05) is 104 Å². The van der Waals surface area contributed by atoms with Crippen LogP contribution in [0.5, 0.6) is 0 Å². The van der Waals surface area contributed by atoms with E-state index in [1.165, 1.54) is 101 Å². The molecule has 1 heterocycles. The zero-order valence-corrected chi connectivity index (χ0v) is 17.1. The molecule has 0 aliphatic carbocycles. The molecule has 0 aromatic carbocycles. The summed E-state index contributed by atoms with van der Waals surface area (Å²) >= 11 is 0. The zero-order valence-electron chi connectivity index (χ0n) is 17.1. The predicted octanol–water partition coefficient (Wildman–Crippen LogP) is 7.13. The van der Waals surface area contributed by atoms with Crippen molar-refractivity contribution in [3.8, 4) is 0 Å². The largest absolute Gasteiger partial charge is 0.287 e. The molecule has 0 saturated carbocycles. The topological polar surface area (TPSA) is 35.8 Å². The Morgan fingerprint density at radius 1 is 0.760 bits per heavy atom. The van der Waals surface area contributed by atoms with Gasteiger partial charge in [-0.3, -0.25) is 10.2 Å². The van der Waals surface area contributed by atoms with E-state index >= 15 is 0 Å². The minimum absolute atomic E-state index is 0.316. The Balaban J connectivity index is 1.78. The molecule has 0 saturated heterocycles. The average molecular weight is 353 g/mol. The lowest BCUT2D eigenvalue weighted by atomic mass is 10.0. The van der Waals surface area contributed by atoms with Gasteiger partial charge in [0, 0.05) is 6.42 Å². The highest BCUT2D eigenvalue weighted by atomic mass is 16.5. The van der Waals surface area contributed by atoms with E-state index in [-0.39, 0.29) is 0 Å². The monoisotopic (exact) mass is 352 g/mol. The van der Waals surface area contributed by atoms with Crippen molar-refractivity contribution < 1.29 is 5.21 Å². The second-order valence-electron chi connectivity index (χ2n) is 7.89. The molecule has 0 bridgehead atoms. The molecule has 25 heavy (non-hydrogen) atoms. The molecular weight excluding hydrogens is 308 g/mol. The van der Waals surface area contributed by atoms with Crippen molar-refractivity contribution in [3.05, 3.63) is 0 Å². The van der Waals surface area contributed by atoms with E-state index in [1.807, 2.05) is 0 Å². The molecule has 1 aliphatic heterocycles. The molecule has 0 fully saturated rings. The first-order valence-electron chi connectivity index (χ1n) is 11.3. The fraction of sp³-hybridized carbons (Fsp3) is 0.955. The van der Waals surface area contributed by atoms with E-state index in [9.17, 15) is 5.21 Å². The Morgan fingerprint density at radius 3 is 1.60 bits per heavy atom. The SMILES string of the molecule is CCCCCCCCCCCCCCCCCC1=NC(CC)CN1O. The van der Waals surface area contributed by atoms with Gasteiger partial charge in [-0.2, -0.15) is 0 Å². The smallest absolute Gasteiger partial charge is 0.124 e. The molecule has 0 spiro atoms. The van der Waals surface area contributed by atoms with Crippen molar-refractivity contribution in [2.45, 2.75) is 129 Å². The normalized spacial score (nSPS) is 17.3. The molecule has 3 nitrogen and oxygen atoms in total. The van der Waals surface area contributed by atoms with Gasteiger partial charge >= 0.3 is 0 Å². The number of hydrogen-bond donors (Lipinski definition) is 1. The predicted molar refractivity (Wildman–Crippen MR) is 110 cm³/mol. The van der Waals surface area contributed by atoms with Gasteiger partial charge in [0.25, 0.3) is 0 Å². The van der Waals surface area contributed by atoms with Gasteiger partial charge in [0.2, 0.25) is 0 Å². The maximum absolute atomic E-state index is 9.81. The van der Waals surface area contributed by atoms with Crippen LogP contribution in [0.3, 0.4) is 0 Å². The maximum atomic E-state index is 9.81. The summed E-state index contributed by atoms with van der Waals surface area (Å²) < 4.78 is 0. The highest BCUT2D eigenvalue weighted by Crippen LogP contribution is 2.16. The van der Waals surface area contributed by atoms with Gasteiger partial charge in [-0.05, 0) is 12.8 Å². The Labute approximate surface area is 157 Å². The van der Waals surface area contributed by atoms with Gasteiger partial charge in [0.15, 0.2) is 0 Å². The molecule has 0 amide bonds. The molecule has 1 rings (SSSR count). The van der Waals surface area contributed by atoms with Gasteiger partial charge in [0.1, 0.15) is 5.84 Å². The molecule has 148 valence electrons. The second-order valence-corrected chi connectivity index (χ2v) is 7.89. The molecule has 0 radical (unpaired) electrons. The highest BCUT2D eigenvalue weighted by molar-refractivity contribution is 5.82. The number of amidine groups is 1. The quantitative estimate of drug-likeness (QED) is 0.283. The first-order chi connectivity index (χ1) is 12.3. The molecule has 3 heteroatoms. The van der Waals surface area contributed by atoms with Crippen molar-refractivity contribution in [1.29, 1.82) is 0 Å². The number of hydroxylamine groups is 2. The van der Waals surface area contributed by atoms with Crippen LogP contribution in [0, 0.1) is 0 Å². The summed E-state index contributed by atoms with van der Waals surface area (Å²) in [5.74, 6) is 0.918. The number of rotatable bonds is 17. The van der Waals surface area contributed by atoms with E-state index in [0.29, 0.717) is 12.6 Å². The van der Waals surface area contributed by atoms with Crippen molar-refractivity contribution in [2.24, 2.45) is 4.99 Å². The van der Waals surface area contributed by atoms with Crippen LogP contribution in [-0.2, 0) is 0 Å². The number of hydrogen-bond acceptors (Lipinski definition) is 3. The van der Waals surface area contributed by atoms with Crippen LogP contribution in [0.25, 0.3) is 0 Å². The fourth-order valence-electron chi connectivity index (χ4n) is 3.69. The van der Waals surface area contributed by atoms with Crippen molar-refractivity contribution in [3.63, 3.8) is 0 Å². The number of unbranched alkanes of at least 4 members (excludes halogenated alkanes) is 14. The van der Waals surface area contributed by atoms with Crippen LogP contribution < -0.4 is 0 Å². The third kappa shape index (κ3) is 11.6. The lowest BCUT2D eigenvalue weighted by Crippen LogP contribution is -2.25. The summed E-state index contributed by atoms with van der Waals surface area (Å²) in [4.78, 5) is 4.58. The molecule has 1 aliphatic rings. The van der Waals surface area contributed by atoms with Crippen LogP contribution in [0.4, 0.5) is 0 Å². The van der Waals surface area contributed by atoms with Crippen molar-refractivity contribution in [1.82, 2.24) is 5.06 Å². The first kappa shape index (κ1) is 22.5. The van der Waals surface area contributed by atoms with Gasteiger partial charge in [-0.15, -0.1) is 0 Å². The van der Waals surface area contributed by atoms with E-state index in [2.05, 4.69) is 18.8 Å². The number of aliphatic imine (C=N–C) groups is 1. The maximum Gasteiger partial charge on any atom is 0.124 e. The van der Waals surface area contributed by atoms with Crippen LogP contribution in [0.1, 0.15) is 123 Å². The van der Waals surface area contributed by atoms with Crippen LogP contribution in [0.2, 0.25) is 0 Å². The minimum atomic E-state index is 0.316. The van der Waals surface area contributed by atoms with Crippen LogP contribution in [-0.4, -0.2) is 28.7 Å². The van der Waals surface area contributed by atoms with Gasteiger partial charge < -0.3 is 0 Å². The molecule has 0 aromatic heterocycles. The Hall–Kier alpha value is -0.570. The Kier molecular flexibility index (Phi) is 14.1. The lowest BCUT2D eigenvalue weighted by Gasteiger charge is -2.11. The molecule has 1 N–H and O–H groups in total. The van der Waals surface area contributed by atoms with E-state index in [1.54, 1.807) is 0 Å². The Bertz CT molecular complexity index is 330. The first-order valence-corrected chi connectivity index (χ1v) is 11.3. The molecule has 1 atom stereocenters. The fourth-order valence-corrected chi connectivity index (χ4v) is 3.69. The summed E-state index contributed by atoms with van der Waals surface area (Å²) in [6, 6.07) is 0.316. The summed E-state index contributed by atoms with van der Waals surface area (Å²) in [5, 5.41) is 11.2. The number of nitrogens with zero attached hydrogens (tertiary/aromatic N) is 2. The minimum Gasteiger partial charge on any atom is -0.287 e. The van der Waals surface area contributed by atoms with Gasteiger partial charge in [-0.25, -0.2) is 5.06 Å². The van der Waals surface area contributed by atoms with Crippen molar-refractivity contribution >= 4 is 5.84 Å². The highest BCUT2D eigenvalue weighted by Gasteiger charge is 2.21. The summed E-state index contributed by atoms with van der Waals surface area (Å²) in [7, 11) is 0. The summed E-state index contributed by atoms with van der Waals surface area (Å²) in [6.07, 6.45) is 22.9. The Morgan fingerprint density at radius 2 is 1.20 bits per heavy atom. The third-order valence-corrected chi connectivity index (χ3v) is 5.49. The average Bonchev–Trinajstić information content (AvgIpc) is 2.98. The van der Waals surface area contributed by atoms with E-state index in [4.69, 9.17) is 0 Å². The summed E-state index contributed by atoms with van der Waals surface area (Å²) in [6.45, 7) is 5.12. The molecule has 1 unspecified atom stereocenters. The molecule has 0 aromatic rings.